The minimum atomic E-state index is 0.153. The Morgan fingerprint density at radius 1 is 1.06 bits per heavy atom. The van der Waals surface area contributed by atoms with Crippen LogP contribution in [0.15, 0.2) is 48.2 Å². The average molecular weight is 448 g/mol. The number of anilines is 1. The number of nitrogens with zero attached hydrogens (tertiary/aromatic N) is 3. The average Bonchev–Trinajstić information content (AvgIpc) is 3.39. The molecule has 0 amide bonds. The van der Waals surface area contributed by atoms with E-state index in [1.54, 1.807) is 12.0 Å². The lowest BCUT2D eigenvalue weighted by atomic mass is 10.1. The van der Waals surface area contributed by atoms with Crippen molar-refractivity contribution in [2.75, 3.05) is 44.8 Å². The second kappa shape index (κ2) is 9.05. The molecule has 0 aliphatic carbocycles. The van der Waals surface area contributed by atoms with Gasteiger partial charge in [-0.2, -0.15) is 0 Å². The lowest BCUT2D eigenvalue weighted by Crippen LogP contribution is -2.31. The van der Waals surface area contributed by atoms with E-state index in [4.69, 9.17) is 14.9 Å². The number of methoxy groups -OCH3 is 1. The summed E-state index contributed by atoms with van der Waals surface area (Å²) in [6, 6.07) is 13.6. The SMILES string of the molecule is COc1ccc(OCCN2CC(O)=C(c3nc4ccc(N5CCCCC5)cc4[nH]3)C2=N)cc1. The van der Waals surface area contributed by atoms with Crippen LogP contribution in [-0.2, 0) is 0 Å². The maximum absolute atomic E-state index is 10.6. The normalized spacial score (nSPS) is 16.7. The summed E-state index contributed by atoms with van der Waals surface area (Å²) in [5.41, 5.74) is 3.40. The Labute approximate surface area is 193 Å². The fourth-order valence-electron chi connectivity index (χ4n) is 4.48. The molecule has 0 bridgehead atoms. The number of aliphatic hydroxyl groups excluding tert-OH is 1. The van der Waals surface area contributed by atoms with Gasteiger partial charge in [-0.3, -0.25) is 5.41 Å². The van der Waals surface area contributed by atoms with E-state index in [1.165, 1.54) is 24.9 Å². The second-order valence-electron chi connectivity index (χ2n) is 8.45. The number of rotatable bonds is 7. The van der Waals surface area contributed by atoms with E-state index in [2.05, 4.69) is 27.0 Å². The monoisotopic (exact) mass is 447 g/mol. The Morgan fingerprint density at radius 3 is 2.58 bits per heavy atom. The van der Waals surface area contributed by atoms with Crippen molar-refractivity contribution in [1.29, 1.82) is 5.41 Å². The minimum absolute atomic E-state index is 0.153. The molecule has 8 nitrogen and oxygen atoms in total. The predicted molar refractivity (Wildman–Crippen MR) is 129 cm³/mol. The van der Waals surface area contributed by atoms with Crippen LogP contribution in [0.2, 0.25) is 0 Å². The molecule has 3 aromatic rings. The summed E-state index contributed by atoms with van der Waals surface area (Å²) >= 11 is 0. The first-order chi connectivity index (χ1) is 16.1. The fourth-order valence-corrected chi connectivity index (χ4v) is 4.48. The number of imidazole rings is 1. The highest BCUT2D eigenvalue weighted by molar-refractivity contribution is 6.23. The van der Waals surface area contributed by atoms with Crippen LogP contribution in [0, 0.1) is 5.41 Å². The zero-order valence-electron chi connectivity index (χ0n) is 18.8. The Kier molecular flexibility index (Phi) is 5.81. The molecular formula is C25H29N5O3. The number of hydrogen-bond donors (Lipinski definition) is 3. The first kappa shape index (κ1) is 21.2. The van der Waals surface area contributed by atoms with Gasteiger partial charge < -0.3 is 29.4 Å². The van der Waals surface area contributed by atoms with E-state index in [1.807, 2.05) is 30.3 Å². The van der Waals surface area contributed by atoms with Gasteiger partial charge in [-0.05, 0) is 61.7 Å². The van der Waals surface area contributed by atoms with Crippen molar-refractivity contribution in [2.45, 2.75) is 19.3 Å². The van der Waals surface area contributed by atoms with Gasteiger partial charge in [0.1, 0.15) is 35.5 Å². The molecule has 0 saturated carbocycles. The number of amidine groups is 1. The fraction of sp³-hybridized carbons (Fsp3) is 0.360. The highest BCUT2D eigenvalue weighted by Crippen LogP contribution is 2.29. The summed E-state index contributed by atoms with van der Waals surface area (Å²) in [6.07, 6.45) is 3.74. The number of piperidine rings is 1. The first-order valence-electron chi connectivity index (χ1n) is 11.4. The van der Waals surface area contributed by atoms with Gasteiger partial charge in [0.2, 0.25) is 0 Å². The summed E-state index contributed by atoms with van der Waals surface area (Å²) in [6.45, 7) is 3.32. The van der Waals surface area contributed by atoms with E-state index in [0.29, 0.717) is 24.5 Å². The molecule has 8 heteroatoms. The maximum Gasteiger partial charge on any atom is 0.145 e. The molecule has 2 aliphatic rings. The van der Waals surface area contributed by atoms with Gasteiger partial charge in [0.15, 0.2) is 0 Å². The van der Waals surface area contributed by atoms with Crippen molar-refractivity contribution in [3.05, 3.63) is 54.0 Å². The Morgan fingerprint density at radius 2 is 1.82 bits per heavy atom. The van der Waals surface area contributed by atoms with E-state index in [0.717, 1.165) is 35.6 Å². The van der Waals surface area contributed by atoms with Crippen molar-refractivity contribution in [3.63, 3.8) is 0 Å². The second-order valence-corrected chi connectivity index (χ2v) is 8.45. The van der Waals surface area contributed by atoms with E-state index < -0.39 is 0 Å². The summed E-state index contributed by atoms with van der Waals surface area (Å²) in [5, 5.41) is 19.2. The number of aromatic nitrogens is 2. The molecule has 1 saturated heterocycles. The smallest absolute Gasteiger partial charge is 0.145 e. The largest absolute Gasteiger partial charge is 0.510 e. The minimum Gasteiger partial charge on any atom is -0.510 e. The highest BCUT2D eigenvalue weighted by atomic mass is 16.5. The lowest BCUT2D eigenvalue weighted by molar-refractivity contribution is 0.265. The first-order valence-corrected chi connectivity index (χ1v) is 11.4. The molecular weight excluding hydrogens is 418 g/mol. The number of fused-ring (bicyclic) bond motifs is 1. The summed E-state index contributed by atoms with van der Waals surface area (Å²) < 4.78 is 10.9. The number of aliphatic hydroxyl groups is 1. The van der Waals surface area contributed by atoms with Crippen LogP contribution in [-0.4, -0.2) is 65.7 Å². The summed E-state index contributed by atoms with van der Waals surface area (Å²) in [4.78, 5) is 12.2. The van der Waals surface area contributed by atoms with Crippen LogP contribution in [0.5, 0.6) is 11.5 Å². The Bertz CT molecular complexity index is 1180. The number of nitrogens with one attached hydrogen (secondary N) is 2. The zero-order chi connectivity index (χ0) is 22.8. The number of benzene rings is 2. The highest BCUT2D eigenvalue weighted by Gasteiger charge is 2.30. The van der Waals surface area contributed by atoms with Crippen LogP contribution in [0.25, 0.3) is 16.6 Å². The van der Waals surface area contributed by atoms with Gasteiger partial charge in [-0.25, -0.2) is 4.98 Å². The van der Waals surface area contributed by atoms with Gasteiger partial charge in [0, 0.05) is 18.8 Å². The maximum atomic E-state index is 10.6. The van der Waals surface area contributed by atoms with Crippen molar-refractivity contribution in [2.24, 2.45) is 0 Å². The third kappa shape index (κ3) is 4.33. The van der Waals surface area contributed by atoms with Crippen LogP contribution in [0.4, 0.5) is 5.69 Å². The molecule has 1 aromatic heterocycles. The summed E-state index contributed by atoms with van der Waals surface area (Å²) in [5.74, 6) is 2.44. The topological polar surface area (TPSA) is 97.7 Å². The Hall–Kier alpha value is -3.68. The van der Waals surface area contributed by atoms with Crippen molar-refractivity contribution in [3.8, 4) is 11.5 Å². The van der Waals surface area contributed by atoms with Crippen LogP contribution < -0.4 is 14.4 Å². The van der Waals surface area contributed by atoms with Crippen molar-refractivity contribution < 1.29 is 14.6 Å². The number of hydrogen-bond acceptors (Lipinski definition) is 6. The number of H-pyrrole nitrogens is 1. The molecule has 0 radical (unpaired) electrons. The Balaban J connectivity index is 1.25. The van der Waals surface area contributed by atoms with Crippen molar-refractivity contribution >= 4 is 28.1 Å². The summed E-state index contributed by atoms with van der Waals surface area (Å²) in [7, 11) is 1.63. The van der Waals surface area contributed by atoms with Gasteiger partial charge in [0.25, 0.3) is 0 Å². The predicted octanol–water partition coefficient (Wildman–Crippen LogP) is 4.20. The van der Waals surface area contributed by atoms with Gasteiger partial charge in [-0.1, -0.05) is 0 Å². The lowest BCUT2D eigenvalue weighted by Gasteiger charge is -2.28. The molecule has 33 heavy (non-hydrogen) atoms. The van der Waals surface area contributed by atoms with E-state index in [9.17, 15) is 5.11 Å². The van der Waals surface area contributed by atoms with E-state index in [-0.39, 0.29) is 18.1 Å². The molecule has 2 aromatic carbocycles. The van der Waals surface area contributed by atoms with E-state index >= 15 is 0 Å². The molecule has 172 valence electrons. The molecule has 0 unspecified atom stereocenters. The third-order valence-electron chi connectivity index (χ3n) is 6.30. The van der Waals surface area contributed by atoms with Gasteiger partial charge in [0.05, 0.1) is 36.8 Å². The molecule has 2 aliphatic heterocycles. The van der Waals surface area contributed by atoms with Crippen LogP contribution in [0.1, 0.15) is 25.1 Å². The zero-order valence-corrected chi connectivity index (χ0v) is 18.8. The standard InChI is InChI=1S/C25H29N5O3/c1-32-18-6-8-19(9-7-18)33-14-13-30-16-22(31)23(24(30)26)25-27-20-10-5-17(15-21(20)28-25)29-11-3-2-4-12-29/h5-10,15,26,31H,2-4,11-14,16H2,1H3,(H,27,28). The molecule has 1 fully saturated rings. The van der Waals surface area contributed by atoms with Gasteiger partial charge >= 0.3 is 0 Å². The van der Waals surface area contributed by atoms with Gasteiger partial charge in [-0.15, -0.1) is 0 Å². The number of aromatic amines is 1. The third-order valence-corrected chi connectivity index (χ3v) is 6.30. The quantitative estimate of drug-likeness (QED) is 0.502. The number of ether oxygens (including phenoxy) is 2. The molecule has 0 spiro atoms. The van der Waals surface area contributed by atoms with Crippen LogP contribution >= 0.6 is 0 Å². The molecule has 0 atom stereocenters. The molecule has 3 heterocycles. The molecule has 3 N–H and O–H groups in total. The van der Waals surface area contributed by atoms with Crippen molar-refractivity contribution in [1.82, 2.24) is 14.9 Å². The molecule has 5 rings (SSSR count). The van der Waals surface area contributed by atoms with Crippen LogP contribution in [0.3, 0.4) is 0 Å².